The highest BCUT2D eigenvalue weighted by molar-refractivity contribution is 6.39. The molecular weight excluding hydrogens is 484 g/mol. The van der Waals surface area contributed by atoms with E-state index in [1.807, 2.05) is 34.9 Å². The molecule has 0 saturated heterocycles. The average molecular weight is 506 g/mol. The van der Waals surface area contributed by atoms with Gasteiger partial charge in [-0.2, -0.15) is 0 Å². The molecule has 5 rings (SSSR count). The maximum atomic E-state index is 14.1. The van der Waals surface area contributed by atoms with Crippen LogP contribution in [0.3, 0.4) is 0 Å². The van der Waals surface area contributed by atoms with Crippen molar-refractivity contribution in [3.8, 4) is 11.4 Å². The fraction of sp³-hybridized carbons (Fsp3) is 0.148. The molecule has 0 aliphatic rings. The molecule has 0 saturated carbocycles. The van der Waals surface area contributed by atoms with E-state index in [1.54, 1.807) is 36.5 Å². The fourth-order valence-electron chi connectivity index (χ4n) is 4.04. The molecule has 2 aromatic heterocycles. The van der Waals surface area contributed by atoms with Crippen LogP contribution in [0.2, 0.25) is 10.0 Å². The lowest BCUT2D eigenvalue weighted by atomic mass is 10.1. The van der Waals surface area contributed by atoms with Crippen LogP contribution in [0.4, 0.5) is 4.39 Å². The van der Waals surface area contributed by atoms with Gasteiger partial charge >= 0.3 is 0 Å². The number of halogens is 3. The number of aromatic nitrogens is 4. The van der Waals surface area contributed by atoms with Gasteiger partial charge in [-0.15, -0.1) is 0 Å². The van der Waals surface area contributed by atoms with E-state index in [2.05, 4.69) is 4.98 Å². The monoisotopic (exact) mass is 505 g/mol. The first-order chi connectivity index (χ1) is 17.0. The van der Waals surface area contributed by atoms with Crippen LogP contribution in [-0.4, -0.2) is 19.5 Å². The molecule has 0 aliphatic carbocycles. The molecule has 5 aromatic rings. The van der Waals surface area contributed by atoms with Crippen molar-refractivity contribution in [2.45, 2.75) is 25.9 Å². The molecule has 0 aliphatic heterocycles. The molecule has 0 spiro atoms. The highest BCUT2D eigenvalue weighted by atomic mass is 35.5. The Morgan fingerprint density at radius 3 is 2.26 bits per heavy atom. The maximum Gasteiger partial charge on any atom is 0.164 e. The van der Waals surface area contributed by atoms with E-state index in [0.717, 1.165) is 11.1 Å². The highest BCUT2D eigenvalue weighted by Gasteiger charge is 2.20. The van der Waals surface area contributed by atoms with Gasteiger partial charge in [-0.25, -0.2) is 19.3 Å². The van der Waals surface area contributed by atoms with Gasteiger partial charge < -0.3 is 10.3 Å². The lowest BCUT2D eigenvalue weighted by Crippen LogP contribution is -2.06. The Hall–Kier alpha value is -3.32. The summed E-state index contributed by atoms with van der Waals surface area (Å²) in [6, 6.07) is 20.2. The van der Waals surface area contributed by atoms with Crippen LogP contribution >= 0.6 is 23.2 Å². The van der Waals surface area contributed by atoms with Gasteiger partial charge in [0.2, 0.25) is 0 Å². The second-order valence-corrected chi connectivity index (χ2v) is 9.04. The number of nitrogens with two attached hydrogens (primary N) is 1. The minimum Gasteiger partial charge on any atom is -0.326 e. The van der Waals surface area contributed by atoms with E-state index >= 15 is 0 Å². The van der Waals surface area contributed by atoms with Gasteiger partial charge in [-0.05, 0) is 41.3 Å². The topological polar surface area (TPSA) is 69.6 Å². The van der Waals surface area contributed by atoms with Crippen molar-refractivity contribution in [2.75, 3.05) is 0 Å². The SMILES string of the molecule is NCc1ccc(Cn2c(-c3c(Cl)cccc3Cl)nc3cnc(CCc4ccccc4F)nc32)cc1. The zero-order chi connectivity index (χ0) is 24.4. The molecule has 5 nitrogen and oxygen atoms in total. The molecule has 0 fully saturated rings. The molecule has 176 valence electrons. The largest absolute Gasteiger partial charge is 0.326 e. The molecule has 0 unspecified atom stereocenters. The Balaban J connectivity index is 1.58. The first kappa shape index (κ1) is 23.4. The summed E-state index contributed by atoms with van der Waals surface area (Å²) >= 11 is 13.1. The summed E-state index contributed by atoms with van der Waals surface area (Å²) in [4.78, 5) is 14.1. The van der Waals surface area contributed by atoms with Crippen LogP contribution in [0.25, 0.3) is 22.6 Å². The second-order valence-electron chi connectivity index (χ2n) is 8.23. The van der Waals surface area contributed by atoms with E-state index in [4.69, 9.17) is 38.9 Å². The van der Waals surface area contributed by atoms with Gasteiger partial charge in [0.05, 0.1) is 28.4 Å². The number of hydrogen-bond donors (Lipinski definition) is 1. The lowest BCUT2D eigenvalue weighted by molar-refractivity contribution is 0.607. The number of aryl methyl sites for hydroxylation is 2. The Morgan fingerprint density at radius 2 is 1.54 bits per heavy atom. The summed E-state index contributed by atoms with van der Waals surface area (Å²) < 4.78 is 16.1. The van der Waals surface area contributed by atoms with E-state index in [0.29, 0.717) is 69.9 Å². The van der Waals surface area contributed by atoms with E-state index in [1.165, 1.54) is 6.07 Å². The quantitative estimate of drug-likeness (QED) is 0.284. The number of imidazole rings is 1. The number of rotatable bonds is 7. The first-order valence-electron chi connectivity index (χ1n) is 11.2. The van der Waals surface area contributed by atoms with Crippen molar-refractivity contribution in [2.24, 2.45) is 5.73 Å². The minimum absolute atomic E-state index is 0.227. The van der Waals surface area contributed by atoms with Crippen LogP contribution in [0.1, 0.15) is 22.5 Å². The molecule has 2 heterocycles. The molecule has 0 amide bonds. The van der Waals surface area contributed by atoms with Gasteiger partial charge in [0.15, 0.2) is 5.65 Å². The van der Waals surface area contributed by atoms with E-state index < -0.39 is 0 Å². The van der Waals surface area contributed by atoms with Crippen molar-refractivity contribution < 1.29 is 4.39 Å². The number of fused-ring (bicyclic) bond motifs is 1. The molecule has 3 aromatic carbocycles. The predicted molar refractivity (Wildman–Crippen MR) is 138 cm³/mol. The van der Waals surface area contributed by atoms with Crippen molar-refractivity contribution in [3.63, 3.8) is 0 Å². The summed E-state index contributed by atoms with van der Waals surface area (Å²) in [5, 5.41) is 1.00. The smallest absolute Gasteiger partial charge is 0.164 e. The minimum atomic E-state index is -0.227. The predicted octanol–water partition coefficient (Wildman–Crippen LogP) is 6.23. The molecule has 0 bridgehead atoms. The molecule has 35 heavy (non-hydrogen) atoms. The number of nitrogens with zero attached hydrogens (tertiary/aromatic N) is 4. The summed E-state index contributed by atoms with van der Waals surface area (Å²) in [7, 11) is 0. The van der Waals surface area contributed by atoms with Crippen LogP contribution in [0, 0.1) is 5.82 Å². The van der Waals surface area contributed by atoms with E-state index in [9.17, 15) is 4.39 Å². The molecule has 0 radical (unpaired) electrons. The van der Waals surface area contributed by atoms with Crippen LogP contribution in [0.5, 0.6) is 0 Å². The van der Waals surface area contributed by atoms with Gasteiger partial charge in [0.1, 0.15) is 23.0 Å². The van der Waals surface area contributed by atoms with Crippen molar-refractivity contribution in [1.29, 1.82) is 0 Å². The maximum absolute atomic E-state index is 14.1. The van der Waals surface area contributed by atoms with Crippen LogP contribution in [0.15, 0.2) is 72.9 Å². The molecular formula is C27H22Cl2FN5. The fourth-order valence-corrected chi connectivity index (χ4v) is 4.60. The Kier molecular flexibility index (Phi) is 6.77. The van der Waals surface area contributed by atoms with Gasteiger partial charge in [0, 0.05) is 13.0 Å². The summed E-state index contributed by atoms with van der Waals surface area (Å²) in [5.74, 6) is 0.992. The van der Waals surface area contributed by atoms with Gasteiger partial charge in [-0.3, -0.25) is 0 Å². The third-order valence-corrected chi connectivity index (χ3v) is 6.53. The van der Waals surface area contributed by atoms with Crippen LogP contribution < -0.4 is 5.73 Å². The number of benzene rings is 3. The van der Waals surface area contributed by atoms with Crippen molar-refractivity contribution >= 4 is 34.4 Å². The zero-order valence-electron chi connectivity index (χ0n) is 18.8. The average Bonchev–Trinajstić information content (AvgIpc) is 3.21. The van der Waals surface area contributed by atoms with E-state index in [-0.39, 0.29) is 5.82 Å². The summed E-state index contributed by atoms with van der Waals surface area (Å²) in [5.41, 5.74) is 10.4. The standard InChI is InChI=1S/C27H22Cl2FN5/c28-20-5-3-6-21(29)25(20)27-33-23-15-32-24(13-12-19-4-1-2-7-22(19)30)34-26(23)35(27)16-18-10-8-17(14-31)9-11-18/h1-11,15H,12-14,16,31H2. The molecule has 0 atom stereocenters. The molecule has 8 heteroatoms. The van der Waals surface area contributed by atoms with Crippen LogP contribution in [-0.2, 0) is 25.9 Å². The second kappa shape index (κ2) is 10.1. The third-order valence-electron chi connectivity index (χ3n) is 5.90. The number of hydrogen-bond acceptors (Lipinski definition) is 4. The highest BCUT2D eigenvalue weighted by Crippen LogP contribution is 2.36. The Morgan fingerprint density at radius 1 is 0.829 bits per heavy atom. The zero-order valence-corrected chi connectivity index (χ0v) is 20.3. The van der Waals surface area contributed by atoms with Crippen molar-refractivity contribution in [1.82, 2.24) is 19.5 Å². The van der Waals surface area contributed by atoms with Crippen molar-refractivity contribution in [3.05, 3.63) is 111 Å². The lowest BCUT2D eigenvalue weighted by Gasteiger charge is -2.12. The van der Waals surface area contributed by atoms with Gasteiger partial charge in [0.25, 0.3) is 0 Å². The Labute approximate surface area is 212 Å². The summed E-state index contributed by atoms with van der Waals surface area (Å²) in [6.45, 7) is 0.982. The normalized spacial score (nSPS) is 11.3. The third kappa shape index (κ3) is 4.91. The summed E-state index contributed by atoms with van der Waals surface area (Å²) in [6.07, 6.45) is 2.69. The Bertz CT molecular complexity index is 1480. The van der Waals surface area contributed by atoms with Gasteiger partial charge in [-0.1, -0.05) is 71.7 Å². The molecule has 2 N–H and O–H groups in total. The first-order valence-corrected chi connectivity index (χ1v) is 12.0.